The first-order chi connectivity index (χ1) is 11.3. The number of alkyl halides is 3. The van der Waals surface area contributed by atoms with Gasteiger partial charge < -0.3 is 10.0 Å². The lowest BCUT2D eigenvalue weighted by atomic mass is 10.0. The molecule has 2 heterocycles. The first-order valence-electron chi connectivity index (χ1n) is 8.64. The smallest absolute Gasteiger partial charge is 0.392 e. The second-order valence-electron chi connectivity index (χ2n) is 7.09. The minimum atomic E-state index is -4.31. The molecule has 3 atom stereocenters. The molecule has 0 saturated carbocycles. The van der Waals surface area contributed by atoms with Crippen LogP contribution in [0.5, 0.6) is 0 Å². The van der Waals surface area contributed by atoms with Gasteiger partial charge in [0.15, 0.2) is 0 Å². The van der Waals surface area contributed by atoms with E-state index in [1.54, 1.807) is 12.1 Å². The molecular weight excluding hydrogens is 317 g/mol. The van der Waals surface area contributed by atoms with E-state index >= 15 is 0 Å². The predicted octanol–water partition coefficient (Wildman–Crippen LogP) is 3.30. The van der Waals surface area contributed by atoms with Gasteiger partial charge in [-0.25, -0.2) is 0 Å². The van der Waals surface area contributed by atoms with Crippen LogP contribution in [0.1, 0.15) is 42.9 Å². The van der Waals surface area contributed by atoms with Gasteiger partial charge in [0.25, 0.3) is 0 Å². The van der Waals surface area contributed by atoms with E-state index in [-0.39, 0.29) is 6.04 Å². The minimum absolute atomic E-state index is 0.00833. The molecule has 0 bridgehead atoms. The summed E-state index contributed by atoms with van der Waals surface area (Å²) in [5.74, 6) is 0. The molecule has 3 unspecified atom stereocenters. The summed E-state index contributed by atoms with van der Waals surface area (Å²) in [6.45, 7) is 2.61. The van der Waals surface area contributed by atoms with Crippen LogP contribution in [0.25, 0.3) is 0 Å². The van der Waals surface area contributed by atoms with E-state index in [2.05, 4.69) is 16.8 Å². The molecule has 134 valence electrons. The van der Waals surface area contributed by atoms with Crippen molar-refractivity contribution in [1.82, 2.24) is 9.80 Å². The maximum Gasteiger partial charge on any atom is 0.416 e. The maximum atomic E-state index is 12.7. The lowest BCUT2D eigenvalue weighted by Gasteiger charge is -2.27. The molecular formula is C18H25F3N2O. The van der Waals surface area contributed by atoms with Crippen LogP contribution in [0.3, 0.4) is 0 Å². The average molecular weight is 342 g/mol. The van der Waals surface area contributed by atoms with Crippen molar-refractivity contribution in [3.63, 3.8) is 0 Å². The zero-order valence-corrected chi connectivity index (χ0v) is 14.0. The van der Waals surface area contributed by atoms with Crippen LogP contribution in [0.4, 0.5) is 13.2 Å². The largest absolute Gasteiger partial charge is 0.416 e. The van der Waals surface area contributed by atoms with Gasteiger partial charge >= 0.3 is 6.18 Å². The zero-order valence-electron chi connectivity index (χ0n) is 14.0. The van der Waals surface area contributed by atoms with Gasteiger partial charge in [-0.3, -0.25) is 4.90 Å². The summed E-state index contributed by atoms with van der Waals surface area (Å²) in [6.07, 6.45) is -0.644. The Labute approximate surface area is 141 Å². The molecule has 2 fully saturated rings. The molecule has 1 aromatic carbocycles. The number of hydrogen-bond donors (Lipinski definition) is 1. The van der Waals surface area contributed by atoms with Crippen LogP contribution < -0.4 is 0 Å². The van der Waals surface area contributed by atoms with Gasteiger partial charge in [-0.05, 0) is 57.0 Å². The van der Waals surface area contributed by atoms with Crippen molar-refractivity contribution in [1.29, 1.82) is 0 Å². The number of likely N-dealkylation sites (tertiary alicyclic amines) is 2. The summed E-state index contributed by atoms with van der Waals surface area (Å²) in [5.41, 5.74) is 0.239. The van der Waals surface area contributed by atoms with E-state index in [4.69, 9.17) is 0 Å². The van der Waals surface area contributed by atoms with Gasteiger partial charge in [0.05, 0.1) is 11.7 Å². The fourth-order valence-corrected chi connectivity index (χ4v) is 4.03. The Morgan fingerprint density at radius 2 is 1.92 bits per heavy atom. The topological polar surface area (TPSA) is 26.7 Å². The van der Waals surface area contributed by atoms with Crippen molar-refractivity contribution in [3.05, 3.63) is 35.4 Å². The van der Waals surface area contributed by atoms with Crippen LogP contribution in [-0.2, 0) is 6.18 Å². The molecule has 24 heavy (non-hydrogen) atoms. The quantitative estimate of drug-likeness (QED) is 0.910. The van der Waals surface area contributed by atoms with Gasteiger partial charge in [-0.1, -0.05) is 12.1 Å². The second-order valence-corrected chi connectivity index (χ2v) is 7.09. The Morgan fingerprint density at radius 1 is 1.21 bits per heavy atom. The third kappa shape index (κ3) is 3.92. The number of aliphatic hydroxyl groups excluding tert-OH is 1. The number of aliphatic hydroxyl groups is 1. The Kier molecular flexibility index (Phi) is 5.18. The summed E-state index contributed by atoms with van der Waals surface area (Å²) >= 11 is 0. The van der Waals surface area contributed by atoms with Crippen molar-refractivity contribution in [2.24, 2.45) is 0 Å². The molecule has 0 amide bonds. The third-order valence-electron chi connectivity index (χ3n) is 5.43. The van der Waals surface area contributed by atoms with Gasteiger partial charge in [-0.2, -0.15) is 13.2 Å². The Balaban J connectivity index is 1.66. The fraction of sp³-hybridized carbons (Fsp3) is 0.667. The molecule has 0 radical (unpaired) electrons. The molecule has 1 N–H and O–H groups in total. The van der Waals surface area contributed by atoms with Crippen LogP contribution in [0.15, 0.2) is 24.3 Å². The molecule has 3 nitrogen and oxygen atoms in total. The van der Waals surface area contributed by atoms with Gasteiger partial charge in [0, 0.05) is 25.2 Å². The molecule has 0 spiro atoms. The summed E-state index contributed by atoms with van der Waals surface area (Å²) in [6, 6.07) is 5.98. The Bertz CT molecular complexity index is 546. The van der Waals surface area contributed by atoms with Crippen molar-refractivity contribution < 1.29 is 18.3 Å². The standard InChI is InChI=1S/C18H25F3N2O/c1-22-9-2-3-15(22)8-10-23-12-16(24)11-17(23)13-4-6-14(7-5-13)18(19,20)21/h4-7,15-17,24H,2-3,8-12H2,1H3. The van der Waals surface area contributed by atoms with Crippen LogP contribution >= 0.6 is 0 Å². The Hall–Kier alpha value is -1.11. The van der Waals surface area contributed by atoms with Gasteiger partial charge in [0.2, 0.25) is 0 Å². The highest BCUT2D eigenvalue weighted by Crippen LogP contribution is 2.35. The first kappa shape index (κ1) is 17.7. The molecule has 1 aromatic rings. The van der Waals surface area contributed by atoms with E-state index in [1.807, 2.05) is 0 Å². The number of hydrogen-bond acceptors (Lipinski definition) is 3. The lowest BCUT2D eigenvalue weighted by Crippen LogP contribution is -2.32. The molecule has 2 aliphatic heterocycles. The van der Waals surface area contributed by atoms with Crippen molar-refractivity contribution in [2.45, 2.75) is 50.0 Å². The number of rotatable bonds is 4. The molecule has 2 saturated heterocycles. The number of benzene rings is 1. The first-order valence-corrected chi connectivity index (χ1v) is 8.64. The summed E-state index contributed by atoms with van der Waals surface area (Å²) in [7, 11) is 2.14. The van der Waals surface area contributed by atoms with E-state index in [1.165, 1.54) is 12.8 Å². The number of nitrogens with zero attached hydrogens (tertiary/aromatic N) is 2. The van der Waals surface area contributed by atoms with Crippen LogP contribution in [0.2, 0.25) is 0 Å². The van der Waals surface area contributed by atoms with Crippen LogP contribution in [0, 0.1) is 0 Å². The van der Waals surface area contributed by atoms with Gasteiger partial charge in [-0.15, -0.1) is 0 Å². The highest BCUT2D eigenvalue weighted by atomic mass is 19.4. The monoisotopic (exact) mass is 342 g/mol. The third-order valence-corrected chi connectivity index (χ3v) is 5.43. The highest BCUT2D eigenvalue weighted by molar-refractivity contribution is 5.27. The minimum Gasteiger partial charge on any atom is -0.392 e. The van der Waals surface area contributed by atoms with E-state index < -0.39 is 17.8 Å². The average Bonchev–Trinajstić information content (AvgIpc) is 3.10. The predicted molar refractivity (Wildman–Crippen MR) is 86.7 cm³/mol. The van der Waals surface area contributed by atoms with Crippen molar-refractivity contribution in [2.75, 3.05) is 26.7 Å². The van der Waals surface area contributed by atoms with Crippen LogP contribution in [-0.4, -0.2) is 53.7 Å². The van der Waals surface area contributed by atoms with E-state index in [0.29, 0.717) is 19.0 Å². The van der Waals surface area contributed by atoms with Crippen molar-refractivity contribution >= 4 is 0 Å². The van der Waals surface area contributed by atoms with Gasteiger partial charge in [0.1, 0.15) is 0 Å². The second kappa shape index (κ2) is 7.02. The summed E-state index contributed by atoms with van der Waals surface area (Å²) in [4.78, 5) is 4.60. The zero-order chi connectivity index (χ0) is 17.3. The van der Waals surface area contributed by atoms with E-state index in [0.717, 1.165) is 37.2 Å². The fourth-order valence-electron chi connectivity index (χ4n) is 4.03. The lowest BCUT2D eigenvalue weighted by molar-refractivity contribution is -0.137. The normalized spacial score (nSPS) is 29.5. The highest BCUT2D eigenvalue weighted by Gasteiger charge is 2.34. The number of β-amino-alcohol motifs (C(OH)–C–C–N with tert-alkyl or cyclic N) is 1. The summed E-state index contributed by atoms with van der Waals surface area (Å²) < 4.78 is 38.1. The molecule has 0 aromatic heterocycles. The Morgan fingerprint density at radius 3 is 2.50 bits per heavy atom. The SMILES string of the molecule is CN1CCCC1CCN1CC(O)CC1c1ccc(C(F)(F)F)cc1. The molecule has 2 aliphatic rings. The molecule has 6 heteroatoms. The van der Waals surface area contributed by atoms with Crippen molar-refractivity contribution in [3.8, 4) is 0 Å². The molecule has 0 aliphatic carbocycles. The molecule has 3 rings (SSSR count). The summed E-state index contributed by atoms with van der Waals surface area (Å²) in [5, 5.41) is 10.0. The van der Waals surface area contributed by atoms with E-state index in [9.17, 15) is 18.3 Å². The maximum absolute atomic E-state index is 12.7. The number of halogens is 3.